The van der Waals surface area contributed by atoms with Crippen molar-refractivity contribution in [3.63, 3.8) is 0 Å². The summed E-state index contributed by atoms with van der Waals surface area (Å²) in [5.41, 5.74) is 2.71. The Hall–Kier alpha value is -1.83. The van der Waals surface area contributed by atoms with Crippen LogP contribution in [0.4, 0.5) is 4.39 Å². The van der Waals surface area contributed by atoms with Crippen LogP contribution in [0.1, 0.15) is 5.56 Å². The number of benzene rings is 2. The Morgan fingerprint density at radius 3 is 2.47 bits per heavy atom. The molecular weight excluding hydrogens is 191 g/mol. The molecule has 0 unspecified atom stereocenters. The van der Waals surface area contributed by atoms with Crippen molar-refractivity contribution in [2.75, 3.05) is 0 Å². The maximum absolute atomic E-state index is 13.1. The van der Waals surface area contributed by atoms with Crippen LogP contribution in [0.2, 0.25) is 0 Å². The van der Waals surface area contributed by atoms with Gasteiger partial charge in [0.1, 0.15) is 11.6 Å². The number of phenols is 1. The first-order chi connectivity index (χ1) is 7.15. The molecule has 0 aromatic heterocycles. The molecule has 0 aliphatic rings. The van der Waals surface area contributed by atoms with E-state index in [4.69, 9.17) is 0 Å². The number of aromatic hydroxyl groups is 1. The van der Waals surface area contributed by atoms with Gasteiger partial charge in [-0.15, -0.1) is 0 Å². The molecule has 0 bridgehead atoms. The molecule has 2 heteroatoms. The van der Waals surface area contributed by atoms with E-state index in [1.807, 2.05) is 31.2 Å². The highest BCUT2D eigenvalue weighted by Gasteiger charge is 2.02. The second-order valence-corrected chi connectivity index (χ2v) is 3.57. The van der Waals surface area contributed by atoms with Gasteiger partial charge in [0.25, 0.3) is 0 Å². The number of phenolic OH excluding ortho intramolecular Hbond substituents is 1. The molecule has 15 heavy (non-hydrogen) atoms. The van der Waals surface area contributed by atoms with Crippen molar-refractivity contribution in [3.8, 4) is 16.9 Å². The van der Waals surface area contributed by atoms with E-state index < -0.39 is 5.82 Å². The van der Waals surface area contributed by atoms with Gasteiger partial charge in [0.05, 0.1) is 0 Å². The first-order valence-corrected chi connectivity index (χ1v) is 4.72. The Morgan fingerprint density at radius 2 is 1.80 bits per heavy atom. The Labute approximate surface area is 87.8 Å². The number of hydrogen-bond acceptors (Lipinski definition) is 1. The molecule has 1 N–H and O–H groups in total. The third-order valence-corrected chi connectivity index (χ3v) is 2.23. The predicted octanol–water partition coefficient (Wildman–Crippen LogP) is 3.51. The summed E-state index contributed by atoms with van der Waals surface area (Å²) < 4.78 is 13.1. The maximum Gasteiger partial charge on any atom is 0.127 e. The summed E-state index contributed by atoms with van der Waals surface area (Å²) in [6.45, 7) is 1.97. The molecule has 0 heterocycles. The Morgan fingerprint density at radius 1 is 1.00 bits per heavy atom. The van der Waals surface area contributed by atoms with Crippen LogP contribution < -0.4 is 0 Å². The first kappa shape index (κ1) is 9.71. The predicted molar refractivity (Wildman–Crippen MR) is 58.2 cm³/mol. The average molecular weight is 202 g/mol. The SMILES string of the molecule is Cc1cccc(-c2cc(O)cc(F)c2)c1. The molecule has 0 radical (unpaired) electrons. The monoisotopic (exact) mass is 202 g/mol. The highest BCUT2D eigenvalue weighted by Crippen LogP contribution is 2.25. The standard InChI is InChI=1S/C13H11FO/c1-9-3-2-4-10(5-9)11-6-12(14)8-13(15)7-11/h2-8,15H,1H3. The average Bonchev–Trinajstić information content (AvgIpc) is 2.16. The second kappa shape index (κ2) is 3.73. The minimum absolute atomic E-state index is 0.0495. The van der Waals surface area contributed by atoms with E-state index in [2.05, 4.69) is 0 Å². The normalized spacial score (nSPS) is 10.3. The third-order valence-electron chi connectivity index (χ3n) is 2.23. The van der Waals surface area contributed by atoms with Gasteiger partial charge in [-0.2, -0.15) is 0 Å². The van der Waals surface area contributed by atoms with Crippen LogP contribution in [-0.4, -0.2) is 5.11 Å². The molecule has 0 amide bonds. The smallest absolute Gasteiger partial charge is 0.127 e. The molecular formula is C13H11FO. The molecule has 0 saturated heterocycles. The van der Waals surface area contributed by atoms with Crippen LogP contribution in [0.15, 0.2) is 42.5 Å². The lowest BCUT2D eigenvalue weighted by molar-refractivity contribution is 0.469. The molecule has 2 aromatic rings. The molecule has 0 aliphatic heterocycles. The molecule has 0 aliphatic carbocycles. The van der Waals surface area contributed by atoms with E-state index >= 15 is 0 Å². The van der Waals surface area contributed by atoms with Gasteiger partial charge in [0.15, 0.2) is 0 Å². The van der Waals surface area contributed by atoms with Crippen LogP contribution >= 0.6 is 0 Å². The van der Waals surface area contributed by atoms with Crippen molar-refractivity contribution >= 4 is 0 Å². The molecule has 1 nitrogen and oxygen atoms in total. The van der Waals surface area contributed by atoms with Gasteiger partial charge in [-0.1, -0.05) is 29.8 Å². The quantitative estimate of drug-likeness (QED) is 0.750. The largest absolute Gasteiger partial charge is 0.508 e. The summed E-state index contributed by atoms with van der Waals surface area (Å²) >= 11 is 0. The van der Waals surface area contributed by atoms with Gasteiger partial charge in [0.2, 0.25) is 0 Å². The van der Waals surface area contributed by atoms with E-state index in [0.29, 0.717) is 5.56 Å². The number of rotatable bonds is 1. The fraction of sp³-hybridized carbons (Fsp3) is 0.0769. The molecule has 2 aromatic carbocycles. The van der Waals surface area contributed by atoms with Gasteiger partial charge in [-0.3, -0.25) is 0 Å². The molecule has 2 rings (SSSR count). The highest BCUT2D eigenvalue weighted by molar-refractivity contribution is 5.65. The number of halogens is 1. The molecule has 76 valence electrons. The minimum atomic E-state index is -0.425. The van der Waals surface area contributed by atoms with Crippen LogP contribution in [0.25, 0.3) is 11.1 Å². The van der Waals surface area contributed by atoms with Crippen LogP contribution in [0.3, 0.4) is 0 Å². The zero-order valence-corrected chi connectivity index (χ0v) is 8.37. The lowest BCUT2D eigenvalue weighted by atomic mass is 10.0. The Bertz CT molecular complexity index is 471. The van der Waals surface area contributed by atoms with E-state index in [9.17, 15) is 9.50 Å². The number of aryl methyl sites for hydroxylation is 1. The maximum atomic E-state index is 13.1. The van der Waals surface area contributed by atoms with Gasteiger partial charge in [-0.25, -0.2) is 4.39 Å². The number of hydrogen-bond donors (Lipinski definition) is 1. The Balaban J connectivity index is 2.54. The van der Waals surface area contributed by atoms with Gasteiger partial charge in [0, 0.05) is 6.07 Å². The van der Waals surface area contributed by atoms with Crippen molar-refractivity contribution in [1.82, 2.24) is 0 Å². The lowest BCUT2D eigenvalue weighted by Crippen LogP contribution is -1.81. The highest BCUT2D eigenvalue weighted by atomic mass is 19.1. The fourth-order valence-corrected chi connectivity index (χ4v) is 1.57. The van der Waals surface area contributed by atoms with Gasteiger partial charge >= 0.3 is 0 Å². The van der Waals surface area contributed by atoms with Gasteiger partial charge in [-0.05, 0) is 30.2 Å². The van der Waals surface area contributed by atoms with Gasteiger partial charge < -0.3 is 5.11 Å². The summed E-state index contributed by atoms with van der Waals surface area (Å²) in [5, 5.41) is 9.28. The summed E-state index contributed by atoms with van der Waals surface area (Å²) in [6.07, 6.45) is 0. The van der Waals surface area contributed by atoms with Crippen LogP contribution in [0, 0.1) is 12.7 Å². The summed E-state index contributed by atoms with van der Waals surface area (Å²) in [4.78, 5) is 0. The summed E-state index contributed by atoms with van der Waals surface area (Å²) in [6, 6.07) is 11.8. The Kier molecular flexibility index (Phi) is 2.42. The second-order valence-electron chi connectivity index (χ2n) is 3.57. The topological polar surface area (TPSA) is 20.2 Å². The summed E-state index contributed by atoms with van der Waals surface area (Å²) in [7, 11) is 0. The molecule has 0 saturated carbocycles. The van der Waals surface area contributed by atoms with Crippen molar-refractivity contribution in [1.29, 1.82) is 0 Å². The zero-order chi connectivity index (χ0) is 10.8. The van der Waals surface area contributed by atoms with Crippen molar-refractivity contribution in [2.45, 2.75) is 6.92 Å². The zero-order valence-electron chi connectivity index (χ0n) is 8.37. The van der Waals surface area contributed by atoms with Crippen molar-refractivity contribution in [2.24, 2.45) is 0 Å². The first-order valence-electron chi connectivity index (χ1n) is 4.72. The van der Waals surface area contributed by atoms with E-state index in [1.165, 1.54) is 6.07 Å². The fourth-order valence-electron chi connectivity index (χ4n) is 1.57. The van der Waals surface area contributed by atoms with Crippen LogP contribution in [-0.2, 0) is 0 Å². The minimum Gasteiger partial charge on any atom is -0.508 e. The molecule has 0 spiro atoms. The summed E-state index contributed by atoms with van der Waals surface area (Å²) in [5.74, 6) is -0.474. The van der Waals surface area contributed by atoms with E-state index in [-0.39, 0.29) is 5.75 Å². The van der Waals surface area contributed by atoms with Crippen molar-refractivity contribution < 1.29 is 9.50 Å². The molecule has 0 atom stereocenters. The van der Waals surface area contributed by atoms with E-state index in [1.54, 1.807) is 6.07 Å². The van der Waals surface area contributed by atoms with E-state index in [0.717, 1.165) is 17.2 Å². The molecule has 0 fully saturated rings. The van der Waals surface area contributed by atoms with Crippen molar-refractivity contribution in [3.05, 3.63) is 53.8 Å². The van der Waals surface area contributed by atoms with Crippen LogP contribution in [0.5, 0.6) is 5.75 Å². The lowest BCUT2D eigenvalue weighted by Gasteiger charge is -2.04. The third kappa shape index (κ3) is 2.15.